The van der Waals surface area contributed by atoms with Crippen LogP contribution in [0, 0.1) is 0 Å². The largest absolute Gasteiger partial charge is 0.454 e. The second kappa shape index (κ2) is 7.80. The first-order chi connectivity index (χ1) is 14.7. The van der Waals surface area contributed by atoms with Crippen LogP contribution in [-0.2, 0) is 13.0 Å². The van der Waals surface area contributed by atoms with Gasteiger partial charge in [-0.3, -0.25) is 9.69 Å². The summed E-state index contributed by atoms with van der Waals surface area (Å²) in [6.07, 6.45) is 0.965. The van der Waals surface area contributed by atoms with E-state index in [1.165, 1.54) is 5.56 Å². The molecular formula is C24H20N2O3S. The van der Waals surface area contributed by atoms with Crippen molar-refractivity contribution in [2.75, 3.05) is 11.7 Å². The van der Waals surface area contributed by atoms with E-state index in [4.69, 9.17) is 14.5 Å². The van der Waals surface area contributed by atoms with Crippen LogP contribution in [0.5, 0.6) is 11.5 Å². The van der Waals surface area contributed by atoms with E-state index in [0.717, 1.165) is 22.2 Å². The molecule has 3 aromatic carbocycles. The monoisotopic (exact) mass is 416 g/mol. The number of ether oxygens (including phenoxy) is 2. The summed E-state index contributed by atoms with van der Waals surface area (Å²) in [5.74, 6) is 1.14. The Bertz CT molecular complexity index is 1220. The third kappa shape index (κ3) is 3.50. The maximum atomic E-state index is 13.5. The van der Waals surface area contributed by atoms with E-state index in [2.05, 4.69) is 19.1 Å². The van der Waals surface area contributed by atoms with E-state index < -0.39 is 0 Å². The Labute approximate surface area is 178 Å². The van der Waals surface area contributed by atoms with Crippen LogP contribution < -0.4 is 14.4 Å². The van der Waals surface area contributed by atoms with Gasteiger partial charge in [0.25, 0.3) is 5.91 Å². The number of amides is 1. The number of aromatic nitrogens is 1. The van der Waals surface area contributed by atoms with E-state index in [9.17, 15) is 4.79 Å². The van der Waals surface area contributed by atoms with Gasteiger partial charge in [0.1, 0.15) is 0 Å². The van der Waals surface area contributed by atoms with E-state index >= 15 is 0 Å². The molecule has 2 heterocycles. The number of carbonyl (C=O) groups excluding carboxylic acids is 1. The number of carbonyl (C=O) groups is 1. The van der Waals surface area contributed by atoms with Crippen molar-refractivity contribution >= 4 is 32.6 Å². The van der Waals surface area contributed by atoms with Gasteiger partial charge in [-0.2, -0.15) is 0 Å². The average molecular weight is 417 g/mol. The molecule has 1 aliphatic rings. The molecule has 6 heteroatoms. The first-order valence-corrected chi connectivity index (χ1v) is 10.7. The molecule has 0 saturated carbocycles. The molecule has 30 heavy (non-hydrogen) atoms. The molecule has 0 spiro atoms. The van der Waals surface area contributed by atoms with Crippen molar-refractivity contribution < 1.29 is 14.3 Å². The predicted octanol–water partition coefficient (Wildman–Crippen LogP) is 5.43. The zero-order chi connectivity index (χ0) is 20.5. The molecule has 1 amide bonds. The zero-order valence-corrected chi connectivity index (χ0v) is 17.3. The van der Waals surface area contributed by atoms with Gasteiger partial charge >= 0.3 is 0 Å². The van der Waals surface area contributed by atoms with Gasteiger partial charge in [-0.1, -0.05) is 54.7 Å². The molecule has 1 aromatic heterocycles. The highest BCUT2D eigenvalue weighted by atomic mass is 32.1. The molecule has 0 bridgehead atoms. The van der Waals surface area contributed by atoms with E-state index in [0.29, 0.717) is 28.7 Å². The molecular weight excluding hydrogens is 396 g/mol. The summed E-state index contributed by atoms with van der Waals surface area (Å²) in [4.78, 5) is 20.1. The van der Waals surface area contributed by atoms with Crippen LogP contribution in [0.15, 0.2) is 66.7 Å². The molecule has 0 fully saturated rings. The Balaban J connectivity index is 1.55. The van der Waals surface area contributed by atoms with Crippen LogP contribution in [0.4, 0.5) is 5.13 Å². The fourth-order valence-electron chi connectivity index (χ4n) is 3.47. The van der Waals surface area contributed by atoms with Crippen molar-refractivity contribution in [1.29, 1.82) is 0 Å². The fourth-order valence-corrected chi connectivity index (χ4v) is 4.50. The molecule has 0 aliphatic carbocycles. The Morgan fingerprint density at radius 3 is 2.67 bits per heavy atom. The Morgan fingerprint density at radius 1 is 1.00 bits per heavy atom. The van der Waals surface area contributed by atoms with Gasteiger partial charge in [0.15, 0.2) is 16.6 Å². The molecule has 5 rings (SSSR count). The molecule has 150 valence electrons. The standard InChI is InChI=1S/C24H20N2O3S/c1-2-16-8-10-19-22(12-16)30-24(25-19)26(14-17-6-4-3-5-7-17)23(27)18-9-11-20-21(13-18)29-15-28-20/h3-13H,2,14-15H2,1H3. The summed E-state index contributed by atoms with van der Waals surface area (Å²) in [7, 11) is 0. The molecule has 0 radical (unpaired) electrons. The summed E-state index contributed by atoms with van der Waals surface area (Å²) in [5, 5.41) is 0.685. The summed E-state index contributed by atoms with van der Waals surface area (Å²) < 4.78 is 11.9. The topological polar surface area (TPSA) is 51.7 Å². The number of fused-ring (bicyclic) bond motifs is 2. The van der Waals surface area contributed by atoms with Gasteiger partial charge in [-0.15, -0.1) is 0 Å². The van der Waals surface area contributed by atoms with Gasteiger partial charge in [-0.25, -0.2) is 4.98 Å². The highest BCUT2D eigenvalue weighted by Gasteiger charge is 2.24. The van der Waals surface area contributed by atoms with Crippen molar-refractivity contribution in [3.8, 4) is 11.5 Å². The first kappa shape index (κ1) is 18.6. The maximum absolute atomic E-state index is 13.5. The minimum absolute atomic E-state index is 0.119. The third-order valence-corrected chi connectivity index (χ3v) is 6.17. The summed E-state index contributed by atoms with van der Waals surface area (Å²) in [6.45, 7) is 2.75. The molecule has 0 saturated heterocycles. The van der Waals surface area contributed by atoms with Crippen LogP contribution in [0.2, 0.25) is 0 Å². The molecule has 5 nitrogen and oxygen atoms in total. The lowest BCUT2D eigenvalue weighted by atomic mass is 10.1. The zero-order valence-electron chi connectivity index (χ0n) is 16.5. The summed E-state index contributed by atoms with van der Waals surface area (Å²) in [6, 6.07) is 21.5. The van der Waals surface area contributed by atoms with Gasteiger partial charge in [0, 0.05) is 5.56 Å². The third-order valence-electron chi connectivity index (χ3n) is 5.13. The molecule has 0 atom stereocenters. The molecule has 4 aromatic rings. The number of hydrogen-bond donors (Lipinski definition) is 0. The quantitative estimate of drug-likeness (QED) is 0.435. The van der Waals surface area contributed by atoms with Crippen molar-refractivity contribution in [1.82, 2.24) is 4.98 Å². The van der Waals surface area contributed by atoms with Crippen molar-refractivity contribution in [2.24, 2.45) is 0 Å². The minimum atomic E-state index is -0.119. The minimum Gasteiger partial charge on any atom is -0.454 e. The lowest BCUT2D eigenvalue weighted by Crippen LogP contribution is -2.30. The maximum Gasteiger partial charge on any atom is 0.260 e. The van der Waals surface area contributed by atoms with E-state index in [-0.39, 0.29) is 12.7 Å². The lowest BCUT2D eigenvalue weighted by Gasteiger charge is -2.20. The van der Waals surface area contributed by atoms with Crippen molar-refractivity contribution in [3.63, 3.8) is 0 Å². The van der Waals surface area contributed by atoms with Gasteiger partial charge < -0.3 is 9.47 Å². The average Bonchev–Trinajstić information content (AvgIpc) is 3.43. The van der Waals surface area contributed by atoms with Crippen LogP contribution in [0.25, 0.3) is 10.2 Å². The highest BCUT2D eigenvalue weighted by Crippen LogP contribution is 2.35. The first-order valence-electron chi connectivity index (χ1n) is 9.86. The molecule has 0 unspecified atom stereocenters. The Kier molecular flexibility index (Phi) is 4.85. The van der Waals surface area contributed by atoms with Crippen molar-refractivity contribution in [2.45, 2.75) is 19.9 Å². The second-order valence-electron chi connectivity index (χ2n) is 7.10. The van der Waals surface area contributed by atoms with Crippen LogP contribution >= 0.6 is 11.3 Å². The summed E-state index contributed by atoms with van der Waals surface area (Å²) >= 11 is 1.54. The van der Waals surface area contributed by atoms with Gasteiger partial charge in [0.2, 0.25) is 6.79 Å². The van der Waals surface area contributed by atoms with Crippen LogP contribution in [0.1, 0.15) is 28.4 Å². The van der Waals surface area contributed by atoms with Crippen LogP contribution in [-0.4, -0.2) is 17.7 Å². The van der Waals surface area contributed by atoms with E-state index in [1.807, 2.05) is 36.4 Å². The fraction of sp³-hybridized carbons (Fsp3) is 0.167. The number of nitrogens with zero attached hydrogens (tertiary/aromatic N) is 2. The Hall–Kier alpha value is -3.38. The lowest BCUT2D eigenvalue weighted by molar-refractivity contribution is 0.0984. The summed E-state index contributed by atoms with van der Waals surface area (Å²) in [5.41, 5.74) is 3.75. The second-order valence-corrected chi connectivity index (χ2v) is 8.11. The predicted molar refractivity (Wildman–Crippen MR) is 119 cm³/mol. The smallest absolute Gasteiger partial charge is 0.260 e. The number of benzene rings is 3. The number of aryl methyl sites for hydroxylation is 1. The van der Waals surface area contributed by atoms with Crippen LogP contribution in [0.3, 0.4) is 0 Å². The Morgan fingerprint density at radius 2 is 1.83 bits per heavy atom. The normalized spacial score (nSPS) is 12.3. The number of hydrogen-bond acceptors (Lipinski definition) is 5. The number of rotatable bonds is 5. The molecule has 1 aliphatic heterocycles. The number of thiazole rings is 1. The molecule has 0 N–H and O–H groups in total. The van der Waals surface area contributed by atoms with Gasteiger partial charge in [0.05, 0.1) is 16.8 Å². The highest BCUT2D eigenvalue weighted by molar-refractivity contribution is 7.22. The SMILES string of the molecule is CCc1ccc2nc(N(Cc3ccccc3)C(=O)c3ccc4c(c3)OCO4)sc2c1. The van der Waals surface area contributed by atoms with Gasteiger partial charge in [-0.05, 0) is 47.9 Å². The number of anilines is 1. The van der Waals surface area contributed by atoms with E-state index in [1.54, 1.807) is 34.4 Å². The van der Waals surface area contributed by atoms with Crippen molar-refractivity contribution in [3.05, 3.63) is 83.4 Å².